The highest BCUT2D eigenvalue weighted by Crippen LogP contribution is 2.44. The third kappa shape index (κ3) is 3.57. The summed E-state index contributed by atoms with van der Waals surface area (Å²) in [6, 6.07) is 7.29. The molecule has 160 valence electrons. The Bertz CT molecular complexity index is 1010. The largest absolute Gasteiger partial charge is 0.483 e. The van der Waals surface area contributed by atoms with E-state index in [0.29, 0.717) is 12.8 Å². The number of aryl methyl sites for hydroxylation is 2. The van der Waals surface area contributed by atoms with E-state index < -0.39 is 29.3 Å². The molecule has 0 radical (unpaired) electrons. The van der Waals surface area contributed by atoms with Gasteiger partial charge in [-0.05, 0) is 46.6 Å². The van der Waals surface area contributed by atoms with Crippen LogP contribution < -0.4 is 4.74 Å². The lowest BCUT2D eigenvalue weighted by molar-refractivity contribution is -0.145. The van der Waals surface area contributed by atoms with Gasteiger partial charge in [-0.25, -0.2) is 14.6 Å². The summed E-state index contributed by atoms with van der Waals surface area (Å²) in [4.78, 5) is 31.4. The van der Waals surface area contributed by atoms with Gasteiger partial charge in [0.2, 0.25) is 0 Å². The van der Waals surface area contributed by atoms with Crippen LogP contribution in [0, 0.1) is 6.92 Å². The number of aromatic nitrogens is 1. The van der Waals surface area contributed by atoms with E-state index in [0.717, 1.165) is 34.3 Å². The minimum Gasteiger partial charge on any atom is -0.483 e. The van der Waals surface area contributed by atoms with Crippen molar-refractivity contribution < 1.29 is 23.8 Å². The van der Waals surface area contributed by atoms with Crippen LogP contribution in [0.2, 0.25) is 0 Å². The van der Waals surface area contributed by atoms with Crippen LogP contribution >= 0.6 is 0 Å². The Morgan fingerprint density at radius 2 is 2.00 bits per heavy atom. The highest BCUT2D eigenvalue weighted by molar-refractivity contribution is 5.85. The minimum absolute atomic E-state index is 0.271. The summed E-state index contributed by atoms with van der Waals surface area (Å²) in [5.41, 5.74) is 1.56. The Morgan fingerprint density at radius 3 is 2.70 bits per heavy atom. The number of benzene rings is 1. The van der Waals surface area contributed by atoms with Crippen molar-refractivity contribution in [3.05, 3.63) is 35.5 Å². The maximum atomic E-state index is 12.8. The molecular formula is C23H28N2O5. The molecule has 1 saturated heterocycles. The van der Waals surface area contributed by atoms with Gasteiger partial charge in [0.05, 0.1) is 24.9 Å². The summed E-state index contributed by atoms with van der Waals surface area (Å²) in [6.45, 7) is 7.61. The molecule has 1 spiro atoms. The summed E-state index contributed by atoms with van der Waals surface area (Å²) in [5, 5.41) is 1.08. The molecule has 1 unspecified atom stereocenters. The van der Waals surface area contributed by atoms with E-state index in [1.165, 1.54) is 12.0 Å². The summed E-state index contributed by atoms with van der Waals surface area (Å²) in [6.07, 6.45) is 1.32. The molecule has 7 heteroatoms. The Labute approximate surface area is 176 Å². The normalized spacial score (nSPS) is 23.2. The first kappa shape index (κ1) is 20.4. The number of likely N-dealkylation sites (tertiary alicyclic amines) is 1. The summed E-state index contributed by atoms with van der Waals surface area (Å²) < 4.78 is 17.1. The van der Waals surface area contributed by atoms with Gasteiger partial charge in [0.25, 0.3) is 0 Å². The number of hydrogen-bond donors (Lipinski definition) is 0. The predicted octanol–water partition coefficient (Wildman–Crippen LogP) is 3.79. The first-order valence-corrected chi connectivity index (χ1v) is 10.3. The lowest BCUT2D eigenvalue weighted by atomic mass is 9.87. The molecule has 4 rings (SSSR count). The molecule has 3 heterocycles. The van der Waals surface area contributed by atoms with E-state index in [-0.39, 0.29) is 6.54 Å². The molecule has 2 aliphatic heterocycles. The second kappa shape index (κ2) is 7.15. The Kier molecular flexibility index (Phi) is 4.87. The lowest BCUT2D eigenvalue weighted by Crippen LogP contribution is -2.46. The van der Waals surface area contributed by atoms with E-state index in [1.807, 2.05) is 25.1 Å². The molecule has 30 heavy (non-hydrogen) atoms. The molecule has 0 aliphatic carbocycles. The quantitative estimate of drug-likeness (QED) is 0.663. The van der Waals surface area contributed by atoms with Gasteiger partial charge in [-0.1, -0.05) is 18.2 Å². The Balaban J connectivity index is 1.68. The third-order valence-corrected chi connectivity index (χ3v) is 5.77. The number of ether oxygens (including phenoxy) is 3. The number of methoxy groups -OCH3 is 1. The number of nitrogens with zero attached hydrogens (tertiary/aromatic N) is 2. The highest BCUT2D eigenvalue weighted by Gasteiger charge is 2.53. The zero-order chi connectivity index (χ0) is 21.7. The SMILES string of the molecule is COC(=O)[C@@H]1CC2(CCc3c(c(C)nc4ccccc34)O2)CN1C(=O)OC(C)(C)C. The Morgan fingerprint density at radius 1 is 1.27 bits per heavy atom. The van der Waals surface area contributed by atoms with Crippen molar-refractivity contribution in [2.24, 2.45) is 0 Å². The number of carbonyl (C=O) groups excluding carboxylic acids is 2. The summed E-state index contributed by atoms with van der Waals surface area (Å²) in [5.74, 6) is 0.301. The van der Waals surface area contributed by atoms with Crippen LogP contribution in [0.1, 0.15) is 44.9 Å². The molecule has 0 bridgehead atoms. The van der Waals surface area contributed by atoms with E-state index in [2.05, 4.69) is 6.07 Å². The topological polar surface area (TPSA) is 78.0 Å². The number of esters is 1. The standard InChI is InChI=1S/C23H28N2O5/c1-14-19-16(15-8-6-7-9-17(15)24-14)10-11-23(29-19)12-18(20(26)28-5)25(13-23)21(27)30-22(2,3)4/h6-9,18H,10-13H2,1-5H3/t18-,23?/m0/s1. The van der Waals surface area contributed by atoms with Crippen LogP contribution in [0.3, 0.4) is 0 Å². The number of pyridine rings is 1. The molecule has 1 amide bonds. The Hall–Kier alpha value is -2.83. The molecule has 1 aromatic carbocycles. The van der Waals surface area contributed by atoms with E-state index >= 15 is 0 Å². The van der Waals surface area contributed by atoms with Crippen molar-refractivity contribution in [2.75, 3.05) is 13.7 Å². The highest BCUT2D eigenvalue weighted by atomic mass is 16.6. The molecule has 2 aromatic rings. The van der Waals surface area contributed by atoms with Crippen molar-refractivity contribution in [1.29, 1.82) is 0 Å². The molecule has 0 N–H and O–H groups in total. The number of hydrogen-bond acceptors (Lipinski definition) is 6. The number of rotatable bonds is 1. The second-order valence-electron chi connectivity index (χ2n) is 9.16. The zero-order valence-corrected chi connectivity index (χ0v) is 18.2. The van der Waals surface area contributed by atoms with E-state index in [9.17, 15) is 9.59 Å². The van der Waals surface area contributed by atoms with Gasteiger partial charge in [0.1, 0.15) is 23.0 Å². The van der Waals surface area contributed by atoms with Gasteiger partial charge in [-0.15, -0.1) is 0 Å². The van der Waals surface area contributed by atoms with Crippen molar-refractivity contribution >= 4 is 23.0 Å². The molecule has 1 aromatic heterocycles. The van der Waals surface area contributed by atoms with Crippen molar-refractivity contribution in [2.45, 2.75) is 64.2 Å². The van der Waals surface area contributed by atoms with Crippen LogP contribution in [0.15, 0.2) is 24.3 Å². The first-order chi connectivity index (χ1) is 14.1. The van der Waals surface area contributed by atoms with Crippen LogP contribution in [0.4, 0.5) is 4.79 Å². The number of amides is 1. The monoisotopic (exact) mass is 412 g/mol. The molecule has 2 atom stereocenters. The number of carbonyl (C=O) groups is 2. The van der Waals surface area contributed by atoms with Crippen LogP contribution in [0.5, 0.6) is 5.75 Å². The van der Waals surface area contributed by atoms with Gasteiger partial charge in [0.15, 0.2) is 0 Å². The zero-order valence-electron chi connectivity index (χ0n) is 18.2. The van der Waals surface area contributed by atoms with Crippen molar-refractivity contribution in [3.8, 4) is 5.75 Å². The summed E-state index contributed by atoms with van der Waals surface area (Å²) in [7, 11) is 1.33. The average molecular weight is 412 g/mol. The van der Waals surface area contributed by atoms with Crippen molar-refractivity contribution in [3.63, 3.8) is 0 Å². The lowest BCUT2D eigenvalue weighted by Gasteiger charge is -2.36. The minimum atomic E-state index is -0.736. The fraction of sp³-hybridized carbons (Fsp3) is 0.522. The maximum Gasteiger partial charge on any atom is 0.411 e. The fourth-order valence-corrected chi connectivity index (χ4v) is 4.46. The number of fused-ring (bicyclic) bond motifs is 3. The van der Waals surface area contributed by atoms with Gasteiger partial charge < -0.3 is 14.2 Å². The average Bonchev–Trinajstić information content (AvgIpc) is 3.05. The summed E-state index contributed by atoms with van der Waals surface area (Å²) >= 11 is 0. The fourth-order valence-electron chi connectivity index (χ4n) is 4.46. The molecular weight excluding hydrogens is 384 g/mol. The predicted molar refractivity (Wildman–Crippen MR) is 112 cm³/mol. The van der Waals surface area contributed by atoms with E-state index in [4.69, 9.17) is 19.2 Å². The van der Waals surface area contributed by atoms with Crippen LogP contribution in [0.25, 0.3) is 10.9 Å². The third-order valence-electron chi connectivity index (χ3n) is 5.77. The molecule has 1 fully saturated rings. The first-order valence-electron chi connectivity index (χ1n) is 10.3. The smallest absolute Gasteiger partial charge is 0.411 e. The molecule has 2 aliphatic rings. The second-order valence-corrected chi connectivity index (χ2v) is 9.16. The van der Waals surface area contributed by atoms with Gasteiger partial charge in [-0.3, -0.25) is 4.90 Å². The van der Waals surface area contributed by atoms with Gasteiger partial charge >= 0.3 is 12.1 Å². The van der Waals surface area contributed by atoms with E-state index in [1.54, 1.807) is 20.8 Å². The maximum absolute atomic E-state index is 12.8. The van der Waals surface area contributed by atoms with Crippen LogP contribution in [-0.4, -0.2) is 52.8 Å². The van der Waals surface area contributed by atoms with Gasteiger partial charge in [-0.2, -0.15) is 0 Å². The van der Waals surface area contributed by atoms with Crippen molar-refractivity contribution in [1.82, 2.24) is 9.88 Å². The van der Waals surface area contributed by atoms with Gasteiger partial charge in [0, 0.05) is 17.4 Å². The van der Waals surface area contributed by atoms with Crippen LogP contribution in [-0.2, 0) is 20.7 Å². The number of para-hydroxylation sites is 1. The molecule has 0 saturated carbocycles. The molecule has 7 nitrogen and oxygen atoms in total.